The summed E-state index contributed by atoms with van der Waals surface area (Å²) in [6, 6.07) is 10.5. The van der Waals surface area contributed by atoms with Gasteiger partial charge in [0.1, 0.15) is 6.61 Å². The van der Waals surface area contributed by atoms with E-state index in [4.69, 9.17) is 4.74 Å². The largest absolute Gasteiger partial charge is 0.460 e. The van der Waals surface area contributed by atoms with E-state index in [1.807, 2.05) is 24.3 Å². The fourth-order valence-electron chi connectivity index (χ4n) is 2.56. The first-order chi connectivity index (χ1) is 10.3. The first kappa shape index (κ1) is 13.0. The van der Waals surface area contributed by atoms with E-state index in [1.165, 1.54) is 20.6 Å². The zero-order chi connectivity index (χ0) is 14.2. The second-order valence-corrected chi connectivity index (χ2v) is 7.16. The molecule has 2 aliphatic rings. The molecule has 104 valence electrons. The molecule has 0 bridgehead atoms. The molecule has 0 unspecified atom stereocenters. The number of hydrogen-bond donors (Lipinski definition) is 0. The highest BCUT2D eigenvalue weighted by atomic mass is 33.1. The summed E-state index contributed by atoms with van der Waals surface area (Å²) in [6.45, 7) is 0.337. The van der Waals surface area contributed by atoms with Crippen molar-refractivity contribution in [2.45, 2.75) is 16.4 Å². The Bertz CT molecular complexity index is 781. The molecule has 1 aliphatic heterocycles. The summed E-state index contributed by atoms with van der Waals surface area (Å²) in [5.41, 5.74) is 1.09. The van der Waals surface area contributed by atoms with Crippen LogP contribution in [-0.4, -0.2) is 5.97 Å². The van der Waals surface area contributed by atoms with Crippen LogP contribution in [0.3, 0.4) is 0 Å². The summed E-state index contributed by atoms with van der Waals surface area (Å²) in [6.07, 6.45) is 7.45. The lowest BCUT2D eigenvalue weighted by Crippen LogP contribution is -2.12. The predicted molar refractivity (Wildman–Crippen MR) is 87.2 cm³/mol. The molecule has 0 saturated carbocycles. The quantitative estimate of drug-likeness (QED) is 0.604. The second kappa shape index (κ2) is 5.28. The van der Waals surface area contributed by atoms with Gasteiger partial charge in [0.05, 0.1) is 5.92 Å². The molecule has 0 amide bonds. The van der Waals surface area contributed by atoms with E-state index in [0.717, 1.165) is 5.56 Å². The third-order valence-electron chi connectivity index (χ3n) is 3.65. The van der Waals surface area contributed by atoms with Gasteiger partial charge in [0.2, 0.25) is 0 Å². The minimum atomic E-state index is -0.225. The zero-order valence-corrected chi connectivity index (χ0v) is 12.7. The van der Waals surface area contributed by atoms with Crippen LogP contribution in [0.1, 0.15) is 5.56 Å². The van der Waals surface area contributed by atoms with E-state index in [9.17, 15) is 4.79 Å². The topological polar surface area (TPSA) is 26.3 Å². The Labute approximate surface area is 130 Å². The third-order valence-corrected chi connectivity index (χ3v) is 6.17. The number of esters is 1. The molecule has 0 aromatic heterocycles. The number of rotatable bonds is 3. The first-order valence-corrected chi connectivity index (χ1v) is 8.89. The smallest absolute Gasteiger partial charge is 0.317 e. The van der Waals surface area contributed by atoms with Crippen LogP contribution in [0.25, 0.3) is 10.8 Å². The van der Waals surface area contributed by atoms with Crippen molar-refractivity contribution in [2.24, 2.45) is 5.92 Å². The minimum Gasteiger partial charge on any atom is -0.460 e. The fourth-order valence-corrected chi connectivity index (χ4v) is 5.28. The van der Waals surface area contributed by atoms with Crippen LogP contribution in [0, 0.1) is 5.92 Å². The molecular formula is C17H12O2S2. The number of allylic oxidation sites excluding steroid dienone is 2. The van der Waals surface area contributed by atoms with Crippen LogP contribution in [-0.2, 0) is 16.1 Å². The molecular weight excluding hydrogens is 300 g/mol. The summed E-state index contributed by atoms with van der Waals surface area (Å²) in [5.74, 6) is -0.409. The number of carbonyl (C=O) groups excluding carboxylic acids is 1. The number of hydrogen-bond acceptors (Lipinski definition) is 4. The summed E-state index contributed by atoms with van der Waals surface area (Å²) in [7, 11) is 3.53. The molecule has 0 atom stereocenters. The van der Waals surface area contributed by atoms with Gasteiger partial charge in [0, 0.05) is 20.7 Å². The van der Waals surface area contributed by atoms with Crippen LogP contribution in [0.15, 0.2) is 64.4 Å². The van der Waals surface area contributed by atoms with Gasteiger partial charge in [0.15, 0.2) is 0 Å². The van der Waals surface area contributed by atoms with Crippen molar-refractivity contribution in [1.82, 2.24) is 0 Å². The summed E-state index contributed by atoms with van der Waals surface area (Å²) >= 11 is 0. The lowest BCUT2D eigenvalue weighted by Gasteiger charge is -2.10. The average Bonchev–Trinajstić information content (AvgIpc) is 3.17. The van der Waals surface area contributed by atoms with Crippen LogP contribution >= 0.6 is 21.6 Å². The molecule has 2 nitrogen and oxygen atoms in total. The highest BCUT2D eigenvalue weighted by Crippen LogP contribution is 2.52. The Hall–Kier alpha value is -1.65. The highest BCUT2D eigenvalue weighted by molar-refractivity contribution is 8.77. The minimum absolute atomic E-state index is 0.184. The normalized spacial score (nSPS) is 16.0. The molecule has 4 heteroatoms. The number of carbonyl (C=O) groups is 1. The zero-order valence-electron chi connectivity index (χ0n) is 11.1. The van der Waals surface area contributed by atoms with Crippen LogP contribution in [0.4, 0.5) is 0 Å². The average molecular weight is 312 g/mol. The van der Waals surface area contributed by atoms with Gasteiger partial charge in [-0.15, -0.1) is 0 Å². The molecule has 2 aromatic carbocycles. The van der Waals surface area contributed by atoms with Crippen molar-refractivity contribution < 1.29 is 9.53 Å². The molecule has 1 aliphatic carbocycles. The molecule has 2 aromatic rings. The van der Waals surface area contributed by atoms with Crippen molar-refractivity contribution in [3.05, 3.63) is 60.2 Å². The van der Waals surface area contributed by atoms with E-state index in [0.29, 0.717) is 6.61 Å². The maximum atomic E-state index is 12.0. The van der Waals surface area contributed by atoms with Crippen LogP contribution < -0.4 is 0 Å². The fraction of sp³-hybridized carbons (Fsp3) is 0.118. The SMILES string of the molecule is O=C(OCc1ccc2cccc3c2c1SS3)C1C=CC=C1. The standard InChI is InChI=1S/C17H12O2S2/c18-17(12-4-1-2-5-12)19-10-13-9-8-11-6-3-7-14-15(11)16(13)21-20-14/h1-9,12H,10H2. The Morgan fingerprint density at radius 1 is 1.10 bits per heavy atom. The first-order valence-electron chi connectivity index (χ1n) is 6.74. The van der Waals surface area contributed by atoms with Crippen molar-refractivity contribution in [3.8, 4) is 0 Å². The number of benzene rings is 2. The molecule has 4 rings (SSSR count). The Morgan fingerprint density at radius 2 is 1.95 bits per heavy atom. The lowest BCUT2D eigenvalue weighted by molar-refractivity contribution is -0.146. The Kier molecular flexibility index (Phi) is 3.28. The lowest BCUT2D eigenvalue weighted by atomic mass is 10.1. The Morgan fingerprint density at radius 3 is 2.81 bits per heavy atom. The number of ether oxygens (including phenoxy) is 1. The molecule has 0 fully saturated rings. The molecule has 0 radical (unpaired) electrons. The molecule has 0 N–H and O–H groups in total. The van der Waals surface area contributed by atoms with E-state index >= 15 is 0 Å². The predicted octanol–water partition coefficient (Wildman–Crippen LogP) is 4.74. The van der Waals surface area contributed by atoms with Gasteiger partial charge in [-0.2, -0.15) is 0 Å². The van der Waals surface area contributed by atoms with Gasteiger partial charge in [-0.05, 0) is 11.5 Å². The van der Waals surface area contributed by atoms with Crippen molar-refractivity contribution >= 4 is 38.3 Å². The van der Waals surface area contributed by atoms with Crippen molar-refractivity contribution in [1.29, 1.82) is 0 Å². The molecule has 0 spiro atoms. The van der Waals surface area contributed by atoms with E-state index < -0.39 is 0 Å². The van der Waals surface area contributed by atoms with Gasteiger partial charge in [-0.3, -0.25) is 4.79 Å². The Balaban J connectivity index is 1.60. The van der Waals surface area contributed by atoms with E-state index in [1.54, 1.807) is 21.6 Å². The van der Waals surface area contributed by atoms with Crippen LogP contribution in [0.2, 0.25) is 0 Å². The third kappa shape index (κ3) is 2.28. The van der Waals surface area contributed by atoms with Gasteiger partial charge in [-0.1, -0.05) is 70.2 Å². The van der Waals surface area contributed by atoms with Gasteiger partial charge in [-0.25, -0.2) is 0 Å². The molecule has 1 heterocycles. The van der Waals surface area contributed by atoms with Gasteiger partial charge < -0.3 is 4.74 Å². The van der Waals surface area contributed by atoms with E-state index in [-0.39, 0.29) is 11.9 Å². The maximum absolute atomic E-state index is 12.0. The monoisotopic (exact) mass is 312 g/mol. The highest BCUT2D eigenvalue weighted by Gasteiger charge is 2.21. The van der Waals surface area contributed by atoms with Crippen molar-refractivity contribution in [3.63, 3.8) is 0 Å². The van der Waals surface area contributed by atoms with E-state index in [2.05, 4.69) is 30.3 Å². The van der Waals surface area contributed by atoms with Crippen molar-refractivity contribution in [2.75, 3.05) is 0 Å². The van der Waals surface area contributed by atoms with Gasteiger partial charge >= 0.3 is 5.97 Å². The molecule has 21 heavy (non-hydrogen) atoms. The van der Waals surface area contributed by atoms with Gasteiger partial charge in [0.25, 0.3) is 0 Å². The maximum Gasteiger partial charge on any atom is 0.317 e. The summed E-state index contributed by atoms with van der Waals surface area (Å²) < 4.78 is 5.46. The van der Waals surface area contributed by atoms with Crippen LogP contribution in [0.5, 0.6) is 0 Å². The molecule has 0 saturated heterocycles. The summed E-state index contributed by atoms with van der Waals surface area (Å²) in [5, 5.41) is 2.54. The summed E-state index contributed by atoms with van der Waals surface area (Å²) in [4.78, 5) is 14.5. The second-order valence-electron chi connectivity index (χ2n) is 4.98.